The van der Waals surface area contributed by atoms with Gasteiger partial charge >= 0.3 is 0 Å². The number of aryl methyl sites for hydroxylation is 1. The quantitative estimate of drug-likeness (QED) is 0.876. The van der Waals surface area contributed by atoms with Crippen LogP contribution in [0, 0.1) is 6.92 Å². The third kappa shape index (κ3) is 2.31. The van der Waals surface area contributed by atoms with Crippen LogP contribution >= 0.6 is 0 Å². The lowest BCUT2D eigenvalue weighted by atomic mass is 9.92. The Morgan fingerprint density at radius 2 is 2.11 bits per heavy atom. The molecule has 1 saturated heterocycles. The normalized spacial score (nSPS) is 19.9. The topological polar surface area (TPSA) is 29.9 Å². The summed E-state index contributed by atoms with van der Waals surface area (Å²) < 4.78 is 1.93. The van der Waals surface area contributed by atoms with Crippen molar-refractivity contribution in [1.82, 2.24) is 15.1 Å². The first-order chi connectivity index (χ1) is 8.83. The summed E-state index contributed by atoms with van der Waals surface area (Å²) in [5.41, 5.74) is 3.76. The molecule has 1 aromatic heterocycles. The molecule has 0 spiro atoms. The zero-order chi connectivity index (χ0) is 12.4. The Hall–Kier alpha value is -1.61. The summed E-state index contributed by atoms with van der Waals surface area (Å²) in [7, 11) is 0. The Bertz CT molecular complexity index is 507. The molecule has 18 heavy (non-hydrogen) atoms. The van der Waals surface area contributed by atoms with E-state index in [-0.39, 0.29) is 0 Å². The van der Waals surface area contributed by atoms with E-state index in [9.17, 15) is 0 Å². The molecule has 3 rings (SSSR count). The van der Waals surface area contributed by atoms with Crippen LogP contribution in [0.4, 0.5) is 0 Å². The highest BCUT2D eigenvalue weighted by Gasteiger charge is 2.14. The summed E-state index contributed by atoms with van der Waals surface area (Å²) >= 11 is 0. The molecular weight excluding hydrogens is 222 g/mol. The third-order valence-corrected chi connectivity index (χ3v) is 3.64. The Balaban J connectivity index is 1.80. The Morgan fingerprint density at radius 3 is 2.72 bits per heavy atom. The lowest BCUT2D eigenvalue weighted by Crippen LogP contribution is -2.28. The molecule has 1 aliphatic rings. The molecule has 0 aliphatic carbocycles. The zero-order valence-electron chi connectivity index (χ0n) is 10.8. The second-order valence-corrected chi connectivity index (χ2v) is 5.10. The van der Waals surface area contributed by atoms with Crippen LogP contribution in [0.25, 0.3) is 5.69 Å². The van der Waals surface area contributed by atoms with Gasteiger partial charge in [0.2, 0.25) is 0 Å². The maximum Gasteiger partial charge on any atom is 0.0645 e. The summed E-state index contributed by atoms with van der Waals surface area (Å²) in [6, 6.07) is 8.81. The zero-order valence-corrected chi connectivity index (χ0v) is 10.8. The standard InChI is InChI=1S/C15H19N3/c1-12-9-17-18(11-12)15-6-4-13(5-7-15)14-3-2-8-16-10-14/h4-7,9,11,14,16H,2-3,8,10H2,1H3. The number of hydrogen-bond donors (Lipinski definition) is 1. The lowest BCUT2D eigenvalue weighted by molar-refractivity contribution is 0.461. The molecule has 2 aromatic rings. The highest BCUT2D eigenvalue weighted by molar-refractivity contribution is 5.35. The first-order valence-electron chi connectivity index (χ1n) is 6.65. The first kappa shape index (κ1) is 11.5. The van der Waals surface area contributed by atoms with Gasteiger partial charge in [-0.1, -0.05) is 12.1 Å². The maximum absolute atomic E-state index is 4.33. The molecule has 2 heterocycles. The van der Waals surface area contributed by atoms with Crippen LogP contribution in [0.15, 0.2) is 36.7 Å². The van der Waals surface area contributed by atoms with Crippen LogP contribution in [0.2, 0.25) is 0 Å². The van der Waals surface area contributed by atoms with Crippen molar-refractivity contribution in [3.8, 4) is 5.69 Å². The van der Waals surface area contributed by atoms with Crippen molar-refractivity contribution in [2.75, 3.05) is 13.1 Å². The SMILES string of the molecule is Cc1cnn(-c2ccc(C3CCCNC3)cc2)c1. The molecule has 1 atom stereocenters. The second kappa shape index (κ2) is 4.94. The minimum absolute atomic E-state index is 0.673. The van der Waals surface area contributed by atoms with Gasteiger partial charge in [-0.15, -0.1) is 0 Å². The van der Waals surface area contributed by atoms with Crippen molar-refractivity contribution in [3.05, 3.63) is 47.8 Å². The fourth-order valence-corrected chi connectivity index (χ4v) is 2.59. The van der Waals surface area contributed by atoms with Gasteiger partial charge in [0, 0.05) is 12.7 Å². The minimum Gasteiger partial charge on any atom is -0.316 e. The average molecular weight is 241 g/mol. The molecule has 1 unspecified atom stereocenters. The minimum atomic E-state index is 0.673. The van der Waals surface area contributed by atoms with E-state index in [1.54, 1.807) is 0 Å². The second-order valence-electron chi connectivity index (χ2n) is 5.10. The maximum atomic E-state index is 4.33. The van der Waals surface area contributed by atoms with Gasteiger partial charge in [-0.2, -0.15) is 5.10 Å². The van der Waals surface area contributed by atoms with Crippen LogP contribution in [-0.2, 0) is 0 Å². The molecule has 0 saturated carbocycles. The van der Waals surface area contributed by atoms with Gasteiger partial charge in [-0.3, -0.25) is 0 Å². The number of nitrogens with zero attached hydrogens (tertiary/aromatic N) is 2. The van der Waals surface area contributed by atoms with Crippen molar-refractivity contribution < 1.29 is 0 Å². The largest absolute Gasteiger partial charge is 0.316 e. The van der Waals surface area contributed by atoms with Crippen LogP contribution < -0.4 is 5.32 Å². The smallest absolute Gasteiger partial charge is 0.0645 e. The average Bonchev–Trinajstić information content (AvgIpc) is 2.87. The van der Waals surface area contributed by atoms with Gasteiger partial charge in [0.05, 0.1) is 11.9 Å². The molecule has 0 radical (unpaired) electrons. The predicted octanol–water partition coefficient (Wildman–Crippen LogP) is 2.65. The number of aromatic nitrogens is 2. The van der Waals surface area contributed by atoms with Crippen LogP contribution in [0.5, 0.6) is 0 Å². The van der Waals surface area contributed by atoms with Crippen molar-refractivity contribution in [2.45, 2.75) is 25.7 Å². The van der Waals surface area contributed by atoms with E-state index >= 15 is 0 Å². The third-order valence-electron chi connectivity index (χ3n) is 3.64. The fraction of sp³-hybridized carbons (Fsp3) is 0.400. The number of hydrogen-bond acceptors (Lipinski definition) is 2. The molecule has 1 N–H and O–H groups in total. The summed E-state index contributed by atoms with van der Waals surface area (Å²) in [5.74, 6) is 0.673. The number of nitrogens with one attached hydrogen (secondary N) is 1. The van der Waals surface area contributed by atoms with E-state index in [1.165, 1.54) is 30.5 Å². The van der Waals surface area contributed by atoms with Crippen LogP contribution in [0.1, 0.15) is 29.9 Å². The molecule has 0 amide bonds. The fourth-order valence-electron chi connectivity index (χ4n) is 2.59. The summed E-state index contributed by atoms with van der Waals surface area (Å²) in [5, 5.41) is 7.80. The van der Waals surface area contributed by atoms with Gasteiger partial charge in [-0.25, -0.2) is 4.68 Å². The predicted molar refractivity (Wildman–Crippen MR) is 73.1 cm³/mol. The molecule has 0 bridgehead atoms. The summed E-state index contributed by atoms with van der Waals surface area (Å²) in [4.78, 5) is 0. The van der Waals surface area contributed by atoms with E-state index in [0.29, 0.717) is 5.92 Å². The van der Waals surface area contributed by atoms with E-state index < -0.39 is 0 Å². The Kier molecular flexibility index (Phi) is 3.15. The van der Waals surface area contributed by atoms with Crippen molar-refractivity contribution in [1.29, 1.82) is 0 Å². The lowest BCUT2D eigenvalue weighted by Gasteiger charge is -2.23. The highest BCUT2D eigenvalue weighted by Crippen LogP contribution is 2.24. The molecule has 1 aromatic carbocycles. The highest BCUT2D eigenvalue weighted by atomic mass is 15.3. The van der Waals surface area contributed by atoms with Gasteiger partial charge in [0.1, 0.15) is 0 Å². The Morgan fingerprint density at radius 1 is 1.28 bits per heavy atom. The first-order valence-corrected chi connectivity index (χ1v) is 6.65. The van der Waals surface area contributed by atoms with E-state index in [2.05, 4.69) is 47.8 Å². The summed E-state index contributed by atoms with van der Waals surface area (Å²) in [6.07, 6.45) is 6.52. The molecular formula is C15H19N3. The molecule has 1 fully saturated rings. The number of rotatable bonds is 2. The summed E-state index contributed by atoms with van der Waals surface area (Å²) in [6.45, 7) is 4.34. The van der Waals surface area contributed by atoms with E-state index in [1.807, 2.05) is 10.9 Å². The molecule has 3 nitrogen and oxygen atoms in total. The van der Waals surface area contributed by atoms with Crippen molar-refractivity contribution in [3.63, 3.8) is 0 Å². The van der Waals surface area contributed by atoms with E-state index in [0.717, 1.165) is 12.2 Å². The van der Waals surface area contributed by atoms with Crippen molar-refractivity contribution >= 4 is 0 Å². The van der Waals surface area contributed by atoms with Crippen LogP contribution in [-0.4, -0.2) is 22.9 Å². The van der Waals surface area contributed by atoms with Crippen molar-refractivity contribution in [2.24, 2.45) is 0 Å². The molecule has 1 aliphatic heterocycles. The monoisotopic (exact) mass is 241 g/mol. The molecule has 3 heteroatoms. The number of benzene rings is 1. The van der Waals surface area contributed by atoms with Gasteiger partial charge in [0.15, 0.2) is 0 Å². The van der Waals surface area contributed by atoms with Gasteiger partial charge < -0.3 is 5.32 Å². The van der Waals surface area contributed by atoms with Gasteiger partial charge in [0.25, 0.3) is 0 Å². The van der Waals surface area contributed by atoms with Gasteiger partial charge in [-0.05, 0) is 55.5 Å². The molecule has 94 valence electrons. The van der Waals surface area contributed by atoms with E-state index in [4.69, 9.17) is 0 Å². The van der Waals surface area contributed by atoms with Crippen LogP contribution in [0.3, 0.4) is 0 Å². The Labute approximate surface area is 108 Å². The number of piperidine rings is 1.